The second kappa shape index (κ2) is 6.75. The van der Waals surface area contributed by atoms with Gasteiger partial charge in [0.15, 0.2) is 9.84 Å². The van der Waals surface area contributed by atoms with E-state index in [0.717, 1.165) is 32.4 Å². The van der Waals surface area contributed by atoms with Crippen LogP contribution in [0, 0.1) is 0 Å². The van der Waals surface area contributed by atoms with Gasteiger partial charge in [-0.15, -0.1) is 0 Å². The molecule has 0 aromatic rings. The Balaban J connectivity index is 2.07. The number of hydrogen-bond acceptors (Lipinski definition) is 4. The quantitative estimate of drug-likeness (QED) is 0.841. The molecule has 2 aliphatic rings. The molecule has 1 aliphatic heterocycles. The van der Waals surface area contributed by atoms with Gasteiger partial charge in [0.2, 0.25) is 0 Å². The third-order valence-corrected chi connectivity index (χ3v) is 6.55. The molecule has 1 heterocycles. The lowest BCUT2D eigenvalue weighted by Crippen LogP contribution is -2.53. The van der Waals surface area contributed by atoms with Gasteiger partial charge < -0.3 is 5.32 Å². The van der Waals surface area contributed by atoms with Gasteiger partial charge in [-0.25, -0.2) is 8.42 Å². The van der Waals surface area contributed by atoms with Gasteiger partial charge in [-0.3, -0.25) is 4.90 Å². The maximum absolute atomic E-state index is 12.0. The topological polar surface area (TPSA) is 49.4 Å². The van der Waals surface area contributed by atoms with Crippen LogP contribution in [-0.2, 0) is 9.84 Å². The largest absolute Gasteiger partial charge is 0.313 e. The smallest absolute Gasteiger partial charge is 0.151 e. The van der Waals surface area contributed by atoms with Crippen LogP contribution in [0.15, 0.2) is 0 Å². The van der Waals surface area contributed by atoms with Gasteiger partial charge in [0.25, 0.3) is 0 Å². The first-order valence-electron chi connectivity index (χ1n) is 8.07. The predicted octanol–water partition coefficient (Wildman–Crippen LogP) is 1.80. The highest BCUT2D eigenvalue weighted by Gasteiger charge is 2.39. The Morgan fingerprint density at radius 1 is 1.15 bits per heavy atom. The van der Waals surface area contributed by atoms with E-state index in [1.807, 2.05) is 0 Å². The van der Waals surface area contributed by atoms with Crippen LogP contribution in [0.3, 0.4) is 0 Å². The molecule has 2 fully saturated rings. The first-order chi connectivity index (χ1) is 9.39. The summed E-state index contributed by atoms with van der Waals surface area (Å²) < 4.78 is 24.0. The average molecular weight is 302 g/mol. The fourth-order valence-corrected chi connectivity index (χ4v) is 5.31. The highest BCUT2D eigenvalue weighted by Crippen LogP contribution is 2.31. The van der Waals surface area contributed by atoms with E-state index in [2.05, 4.69) is 24.1 Å². The molecule has 20 heavy (non-hydrogen) atoms. The molecule has 1 saturated heterocycles. The van der Waals surface area contributed by atoms with Crippen molar-refractivity contribution >= 4 is 9.84 Å². The average Bonchev–Trinajstić information content (AvgIpc) is 2.85. The lowest BCUT2D eigenvalue weighted by molar-refractivity contribution is 0.132. The van der Waals surface area contributed by atoms with Crippen molar-refractivity contribution in [2.24, 2.45) is 0 Å². The molecule has 0 aromatic heterocycles. The SMILES string of the molecule is CC(C)N(CC1CCCCN1)C1CCCC1S(C)(=O)=O. The molecular weight excluding hydrogens is 272 g/mol. The van der Waals surface area contributed by atoms with Crippen molar-refractivity contribution in [2.45, 2.75) is 75.7 Å². The standard InChI is InChI=1S/C15H30N2O2S/c1-12(2)17(11-13-7-4-5-10-16-13)14-8-6-9-15(14)20(3,18)19/h12-16H,4-11H2,1-3H3. The fraction of sp³-hybridized carbons (Fsp3) is 1.00. The molecule has 1 N–H and O–H groups in total. The monoisotopic (exact) mass is 302 g/mol. The molecule has 0 spiro atoms. The highest BCUT2D eigenvalue weighted by atomic mass is 32.2. The molecule has 0 amide bonds. The third-order valence-electron chi connectivity index (χ3n) is 4.90. The van der Waals surface area contributed by atoms with E-state index < -0.39 is 9.84 Å². The number of nitrogens with zero attached hydrogens (tertiary/aromatic N) is 1. The van der Waals surface area contributed by atoms with Crippen LogP contribution in [0.5, 0.6) is 0 Å². The van der Waals surface area contributed by atoms with E-state index in [0.29, 0.717) is 12.1 Å². The van der Waals surface area contributed by atoms with Crippen molar-refractivity contribution in [3.63, 3.8) is 0 Å². The van der Waals surface area contributed by atoms with Crippen molar-refractivity contribution < 1.29 is 8.42 Å². The van der Waals surface area contributed by atoms with Crippen LogP contribution >= 0.6 is 0 Å². The zero-order valence-electron chi connectivity index (χ0n) is 13.1. The molecule has 4 nitrogen and oxygen atoms in total. The van der Waals surface area contributed by atoms with Crippen LogP contribution in [0.4, 0.5) is 0 Å². The maximum atomic E-state index is 12.0. The van der Waals surface area contributed by atoms with Crippen molar-refractivity contribution in [2.75, 3.05) is 19.3 Å². The summed E-state index contributed by atoms with van der Waals surface area (Å²) in [4.78, 5) is 2.45. The van der Waals surface area contributed by atoms with Gasteiger partial charge >= 0.3 is 0 Å². The van der Waals surface area contributed by atoms with E-state index in [1.54, 1.807) is 0 Å². The molecule has 3 atom stereocenters. The predicted molar refractivity (Wildman–Crippen MR) is 83.8 cm³/mol. The second-order valence-corrected chi connectivity index (χ2v) is 9.07. The molecule has 0 radical (unpaired) electrons. The summed E-state index contributed by atoms with van der Waals surface area (Å²) in [6, 6.07) is 1.16. The van der Waals surface area contributed by atoms with Gasteiger partial charge in [-0.2, -0.15) is 0 Å². The van der Waals surface area contributed by atoms with Crippen molar-refractivity contribution in [3.05, 3.63) is 0 Å². The number of rotatable bonds is 5. The van der Waals surface area contributed by atoms with E-state index in [9.17, 15) is 8.42 Å². The fourth-order valence-electron chi connectivity index (χ4n) is 3.85. The van der Waals surface area contributed by atoms with Gasteiger partial charge in [0, 0.05) is 30.9 Å². The molecule has 1 saturated carbocycles. The Labute approximate surface area is 124 Å². The molecule has 0 aromatic carbocycles. The highest BCUT2D eigenvalue weighted by molar-refractivity contribution is 7.91. The lowest BCUT2D eigenvalue weighted by Gasteiger charge is -2.39. The second-order valence-electron chi connectivity index (χ2n) is 6.80. The normalized spacial score (nSPS) is 32.1. The van der Waals surface area contributed by atoms with Crippen LogP contribution in [-0.4, -0.2) is 56.0 Å². The summed E-state index contributed by atoms with van der Waals surface area (Å²) in [6.07, 6.45) is 8.11. The molecule has 1 aliphatic carbocycles. The minimum atomic E-state index is -2.93. The molecule has 0 bridgehead atoms. The molecule has 3 unspecified atom stereocenters. The Bertz CT molecular complexity index is 402. The van der Waals surface area contributed by atoms with E-state index in [-0.39, 0.29) is 11.3 Å². The summed E-state index contributed by atoms with van der Waals surface area (Å²) in [5.41, 5.74) is 0. The Kier molecular flexibility index (Phi) is 5.49. The maximum Gasteiger partial charge on any atom is 0.151 e. The number of nitrogens with one attached hydrogen (secondary N) is 1. The lowest BCUT2D eigenvalue weighted by atomic mass is 10.0. The van der Waals surface area contributed by atoms with Gasteiger partial charge in [0.1, 0.15) is 0 Å². The number of sulfone groups is 1. The summed E-state index contributed by atoms with van der Waals surface area (Å²) in [6.45, 7) is 6.49. The van der Waals surface area contributed by atoms with Crippen molar-refractivity contribution in [3.8, 4) is 0 Å². The van der Waals surface area contributed by atoms with Crippen molar-refractivity contribution in [1.82, 2.24) is 10.2 Å². The first kappa shape index (κ1) is 16.2. The molecular formula is C15H30N2O2S. The zero-order chi connectivity index (χ0) is 14.8. The zero-order valence-corrected chi connectivity index (χ0v) is 14.0. The number of piperidine rings is 1. The molecule has 2 rings (SSSR count). The Morgan fingerprint density at radius 3 is 2.45 bits per heavy atom. The number of hydrogen-bond donors (Lipinski definition) is 1. The van der Waals surface area contributed by atoms with Crippen LogP contribution in [0.25, 0.3) is 0 Å². The van der Waals surface area contributed by atoms with Gasteiger partial charge in [-0.1, -0.05) is 12.8 Å². The minimum absolute atomic E-state index is 0.159. The van der Waals surface area contributed by atoms with Crippen LogP contribution in [0.1, 0.15) is 52.4 Å². The summed E-state index contributed by atoms with van der Waals surface area (Å²) in [5.74, 6) is 0. The summed E-state index contributed by atoms with van der Waals surface area (Å²) in [5, 5.41) is 3.43. The first-order valence-corrected chi connectivity index (χ1v) is 10.0. The van der Waals surface area contributed by atoms with Gasteiger partial charge in [-0.05, 0) is 46.1 Å². The van der Waals surface area contributed by atoms with Crippen molar-refractivity contribution in [1.29, 1.82) is 0 Å². The van der Waals surface area contributed by atoms with E-state index in [1.165, 1.54) is 25.5 Å². The van der Waals surface area contributed by atoms with E-state index in [4.69, 9.17) is 0 Å². The molecule has 118 valence electrons. The third kappa shape index (κ3) is 3.95. The van der Waals surface area contributed by atoms with Crippen LogP contribution < -0.4 is 5.32 Å². The van der Waals surface area contributed by atoms with Gasteiger partial charge in [0.05, 0.1) is 5.25 Å². The minimum Gasteiger partial charge on any atom is -0.313 e. The Hall–Kier alpha value is -0.130. The Morgan fingerprint density at radius 2 is 1.90 bits per heavy atom. The summed E-state index contributed by atoms with van der Waals surface area (Å²) >= 11 is 0. The van der Waals surface area contributed by atoms with Crippen LogP contribution in [0.2, 0.25) is 0 Å². The van der Waals surface area contributed by atoms with E-state index >= 15 is 0 Å². The summed E-state index contributed by atoms with van der Waals surface area (Å²) in [7, 11) is -2.93. The molecule has 5 heteroatoms.